The molecule has 1 N–H and O–H groups in total. The maximum atomic E-state index is 5.34. The number of aromatic nitrogens is 1. The highest BCUT2D eigenvalue weighted by molar-refractivity contribution is 5.04. The molecule has 0 aliphatic carbocycles. The first-order chi connectivity index (χ1) is 8.22. The van der Waals surface area contributed by atoms with Gasteiger partial charge in [0.25, 0.3) is 0 Å². The van der Waals surface area contributed by atoms with Crippen LogP contribution in [-0.2, 0) is 22.6 Å². The van der Waals surface area contributed by atoms with Crippen LogP contribution in [0.5, 0.6) is 0 Å². The summed E-state index contributed by atoms with van der Waals surface area (Å²) in [6, 6.07) is 1.92. The first-order valence-corrected chi connectivity index (χ1v) is 5.94. The monoisotopic (exact) mass is 242 g/mol. The van der Waals surface area contributed by atoms with E-state index in [1.54, 1.807) is 7.11 Å². The van der Waals surface area contributed by atoms with Crippen LogP contribution in [0.15, 0.2) is 10.6 Å². The molecule has 0 atom stereocenters. The maximum absolute atomic E-state index is 5.34. The Kier molecular flexibility index (Phi) is 6.84. The Balaban J connectivity index is 2.18. The number of methoxy groups -OCH3 is 1. The summed E-state index contributed by atoms with van der Waals surface area (Å²) in [5.41, 5.74) is 0.913. The normalized spacial score (nSPS) is 11.3. The molecule has 0 bridgehead atoms. The predicted octanol–water partition coefficient (Wildman–Crippen LogP) is 1.58. The van der Waals surface area contributed by atoms with Crippen molar-refractivity contribution in [2.45, 2.75) is 27.0 Å². The Labute approximate surface area is 102 Å². The van der Waals surface area contributed by atoms with Crippen LogP contribution in [0.1, 0.15) is 25.3 Å². The van der Waals surface area contributed by atoms with Crippen molar-refractivity contribution in [1.29, 1.82) is 0 Å². The largest absolute Gasteiger partial charge is 0.382 e. The summed E-state index contributed by atoms with van der Waals surface area (Å²) >= 11 is 0. The van der Waals surface area contributed by atoms with Crippen LogP contribution >= 0.6 is 0 Å². The van der Waals surface area contributed by atoms with E-state index in [-0.39, 0.29) is 0 Å². The summed E-state index contributed by atoms with van der Waals surface area (Å²) in [5.74, 6) is 1.39. The number of hydrogen-bond donors (Lipinski definition) is 1. The van der Waals surface area contributed by atoms with Crippen molar-refractivity contribution < 1.29 is 14.0 Å². The molecule has 5 nitrogen and oxygen atoms in total. The van der Waals surface area contributed by atoms with Gasteiger partial charge < -0.3 is 19.3 Å². The van der Waals surface area contributed by atoms with E-state index in [4.69, 9.17) is 14.0 Å². The maximum Gasteiger partial charge on any atom is 0.162 e. The van der Waals surface area contributed by atoms with Crippen LogP contribution in [0.2, 0.25) is 0 Å². The third-order valence-corrected chi connectivity index (χ3v) is 2.14. The van der Waals surface area contributed by atoms with E-state index in [9.17, 15) is 0 Å². The summed E-state index contributed by atoms with van der Waals surface area (Å²) < 4.78 is 15.4. The molecule has 0 saturated carbocycles. The van der Waals surface area contributed by atoms with Gasteiger partial charge in [0.2, 0.25) is 0 Å². The minimum atomic E-state index is 0.445. The highest BCUT2D eigenvalue weighted by Gasteiger charge is 2.04. The molecule has 0 saturated heterocycles. The van der Waals surface area contributed by atoms with Gasteiger partial charge in [0.05, 0.1) is 18.9 Å². The summed E-state index contributed by atoms with van der Waals surface area (Å²) in [6.45, 7) is 7.66. The van der Waals surface area contributed by atoms with E-state index in [1.165, 1.54) is 0 Å². The van der Waals surface area contributed by atoms with Gasteiger partial charge in [0.15, 0.2) is 5.76 Å². The number of hydrogen-bond acceptors (Lipinski definition) is 5. The predicted molar refractivity (Wildman–Crippen MR) is 64.6 cm³/mol. The summed E-state index contributed by atoms with van der Waals surface area (Å²) in [6.07, 6.45) is 0. The Hall–Kier alpha value is -0.910. The number of rotatable bonds is 9. The highest BCUT2D eigenvalue weighted by atomic mass is 16.5. The number of nitrogens with zero attached hydrogens (tertiary/aromatic N) is 1. The fourth-order valence-electron chi connectivity index (χ4n) is 1.31. The molecule has 0 unspecified atom stereocenters. The van der Waals surface area contributed by atoms with Gasteiger partial charge in [-0.2, -0.15) is 0 Å². The SMILES string of the molecule is COCCOCc1cc(CNCC(C)C)no1. The third-order valence-electron chi connectivity index (χ3n) is 2.14. The van der Waals surface area contributed by atoms with Gasteiger partial charge >= 0.3 is 0 Å². The molecule has 1 heterocycles. The van der Waals surface area contributed by atoms with Gasteiger partial charge in [0.1, 0.15) is 6.61 Å². The topological polar surface area (TPSA) is 56.5 Å². The second-order valence-electron chi connectivity index (χ2n) is 4.35. The summed E-state index contributed by atoms with van der Waals surface area (Å²) in [7, 11) is 1.65. The molecule has 0 aromatic carbocycles. The average molecular weight is 242 g/mol. The van der Waals surface area contributed by atoms with Crippen molar-refractivity contribution in [3.05, 3.63) is 17.5 Å². The minimum Gasteiger partial charge on any atom is -0.382 e. The minimum absolute atomic E-state index is 0.445. The Bertz CT molecular complexity index is 300. The van der Waals surface area contributed by atoms with Crippen LogP contribution in [0.4, 0.5) is 0 Å². The zero-order chi connectivity index (χ0) is 12.5. The smallest absolute Gasteiger partial charge is 0.162 e. The second-order valence-corrected chi connectivity index (χ2v) is 4.35. The van der Waals surface area contributed by atoms with Crippen molar-refractivity contribution >= 4 is 0 Å². The highest BCUT2D eigenvalue weighted by Crippen LogP contribution is 2.05. The molecule has 17 heavy (non-hydrogen) atoms. The standard InChI is InChI=1S/C12H22N2O3/c1-10(2)7-13-8-11-6-12(17-14-11)9-16-5-4-15-3/h6,10,13H,4-5,7-9H2,1-3H3. The van der Waals surface area contributed by atoms with E-state index < -0.39 is 0 Å². The quantitative estimate of drug-likeness (QED) is 0.666. The van der Waals surface area contributed by atoms with Crippen molar-refractivity contribution in [3.63, 3.8) is 0 Å². The van der Waals surface area contributed by atoms with Crippen LogP contribution < -0.4 is 5.32 Å². The van der Waals surface area contributed by atoms with Crippen molar-refractivity contribution in [1.82, 2.24) is 10.5 Å². The van der Waals surface area contributed by atoms with E-state index in [1.807, 2.05) is 6.07 Å². The first-order valence-electron chi connectivity index (χ1n) is 5.94. The van der Waals surface area contributed by atoms with E-state index in [0.29, 0.717) is 25.7 Å². The molecular formula is C12H22N2O3. The zero-order valence-electron chi connectivity index (χ0n) is 10.9. The van der Waals surface area contributed by atoms with Gasteiger partial charge in [-0.1, -0.05) is 19.0 Å². The van der Waals surface area contributed by atoms with Gasteiger partial charge in [-0.05, 0) is 12.5 Å². The lowest BCUT2D eigenvalue weighted by Crippen LogP contribution is -2.19. The van der Waals surface area contributed by atoms with Gasteiger partial charge in [-0.25, -0.2) is 0 Å². The molecule has 5 heteroatoms. The lowest BCUT2D eigenvalue weighted by molar-refractivity contribution is 0.0514. The van der Waals surface area contributed by atoms with Gasteiger partial charge in [-0.15, -0.1) is 0 Å². The van der Waals surface area contributed by atoms with Crippen LogP contribution in [0.25, 0.3) is 0 Å². The van der Waals surface area contributed by atoms with Crippen molar-refractivity contribution in [2.75, 3.05) is 26.9 Å². The molecule has 1 aromatic heterocycles. The summed E-state index contributed by atoms with van der Waals surface area (Å²) in [4.78, 5) is 0. The van der Waals surface area contributed by atoms with Gasteiger partial charge in [0, 0.05) is 19.7 Å². The summed E-state index contributed by atoms with van der Waals surface area (Å²) in [5, 5.41) is 7.27. The molecule has 0 fully saturated rings. The lowest BCUT2D eigenvalue weighted by Gasteiger charge is -2.04. The zero-order valence-corrected chi connectivity index (χ0v) is 10.9. The average Bonchev–Trinajstić information content (AvgIpc) is 2.72. The van der Waals surface area contributed by atoms with Crippen LogP contribution in [0, 0.1) is 5.92 Å². The second kappa shape index (κ2) is 8.22. The van der Waals surface area contributed by atoms with E-state index in [0.717, 1.165) is 24.5 Å². The Morgan fingerprint density at radius 1 is 1.41 bits per heavy atom. The molecule has 1 rings (SSSR count). The molecule has 0 amide bonds. The fourth-order valence-corrected chi connectivity index (χ4v) is 1.31. The van der Waals surface area contributed by atoms with Gasteiger partial charge in [-0.3, -0.25) is 0 Å². The lowest BCUT2D eigenvalue weighted by atomic mass is 10.2. The molecule has 1 aromatic rings. The number of ether oxygens (including phenoxy) is 2. The van der Waals surface area contributed by atoms with E-state index >= 15 is 0 Å². The molecule has 0 radical (unpaired) electrons. The molecule has 0 aliphatic heterocycles. The van der Waals surface area contributed by atoms with Crippen LogP contribution in [-0.4, -0.2) is 32.0 Å². The van der Waals surface area contributed by atoms with E-state index in [2.05, 4.69) is 24.3 Å². The Morgan fingerprint density at radius 2 is 2.24 bits per heavy atom. The van der Waals surface area contributed by atoms with Crippen molar-refractivity contribution in [3.8, 4) is 0 Å². The Morgan fingerprint density at radius 3 is 2.94 bits per heavy atom. The van der Waals surface area contributed by atoms with Crippen LogP contribution in [0.3, 0.4) is 0 Å². The fraction of sp³-hybridized carbons (Fsp3) is 0.750. The van der Waals surface area contributed by atoms with Crippen molar-refractivity contribution in [2.24, 2.45) is 5.92 Å². The number of nitrogens with one attached hydrogen (secondary N) is 1. The molecule has 98 valence electrons. The molecule has 0 spiro atoms. The first kappa shape index (κ1) is 14.2. The molecular weight excluding hydrogens is 220 g/mol. The third kappa shape index (κ3) is 6.41. The molecule has 0 aliphatic rings.